The van der Waals surface area contributed by atoms with Crippen LogP contribution in [0.2, 0.25) is 0 Å². The molecule has 0 unspecified atom stereocenters. The van der Waals surface area contributed by atoms with Gasteiger partial charge >= 0.3 is 5.97 Å². The van der Waals surface area contributed by atoms with E-state index in [-0.39, 0.29) is 0 Å². The Balaban J connectivity index is 1.86. The number of ether oxygens (including phenoxy) is 1. The molecule has 4 nitrogen and oxygen atoms in total. The van der Waals surface area contributed by atoms with E-state index < -0.39 is 23.7 Å². The Morgan fingerprint density at radius 1 is 1.23 bits per heavy atom. The van der Waals surface area contributed by atoms with E-state index in [1.165, 1.54) is 48.6 Å². The Kier molecular flexibility index (Phi) is 7.35. The number of rotatable bonds is 7. The van der Waals surface area contributed by atoms with Crippen molar-refractivity contribution in [3.8, 4) is 0 Å². The lowest BCUT2D eigenvalue weighted by Gasteiger charge is -2.12. The topological polar surface area (TPSA) is 55.4 Å². The number of esters is 1. The highest BCUT2D eigenvalue weighted by atomic mass is 32.2. The number of halogens is 2. The number of nitrogens with one attached hydrogen (secondary N) is 1. The first-order chi connectivity index (χ1) is 12.3. The minimum Gasteiger partial charge on any atom is -0.449 e. The summed E-state index contributed by atoms with van der Waals surface area (Å²) >= 11 is 1.92. The number of aryl methyl sites for hydroxylation is 1. The predicted molar refractivity (Wildman–Crippen MR) is 101 cm³/mol. The number of amides is 1. The van der Waals surface area contributed by atoms with Crippen molar-refractivity contribution >= 4 is 46.7 Å². The number of thioether (sulfide) groups is 1. The Hall–Kier alpha value is -2.19. The second-order valence-corrected chi connectivity index (χ2v) is 7.28. The van der Waals surface area contributed by atoms with Crippen molar-refractivity contribution in [1.29, 1.82) is 0 Å². The van der Waals surface area contributed by atoms with Gasteiger partial charge in [-0.1, -0.05) is 11.8 Å². The van der Waals surface area contributed by atoms with Crippen molar-refractivity contribution in [3.05, 3.63) is 52.2 Å². The van der Waals surface area contributed by atoms with Gasteiger partial charge in [0, 0.05) is 21.5 Å². The van der Waals surface area contributed by atoms with Crippen LogP contribution in [0.5, 0.6) is 0 Å². The van der Waals surface area contributed by atoms with Crippen LogP contribution in [0.4, 0.5) is 14.5 Å². The Labute approximate surface area is 158 Å². The fraction of sp³-hybridized carbons (Fsp3) is 0.222. The molecule has 0 fully saturated rings. The molecule has 26 heavy (non-hydrogen) atoms. The molecule has 1 atom stereocenters. The molecular formula is C18H17F2NO3S2. The summed E-state index contributed by atoms with van der Waals surface area (Å²) < 4.78 is 29.6. The number of hydrogen-bond donors (Lipinski definition) is 1. The standard InChI is InChI=1S/C18H17F2NO3S2/c1-11-9-10-25-15(11)7-8-16(22)24-12(2)17(23)21-13-3-5-14(6-4-13)26-18(19)20/h3-10,12,18H,1-2H3,(H,21,23)/b8-7+/t12-/m0/s1. The summed E-state index contributed by atoms with van der Waals surface area (Å²) in [6.07, 6.45) is 1.93. The van der Waals surface area contributed by atoms with Crippen molar-refractivity contribution in [2.24, 2.45) is 0 Å². The SMILES string of the molecule is Cc1ccsc1/C=C/C(=O)O[C@@H](C)C(=O)Nc1ccc(SC(F)F)cc1. The number of hydrogen-bond acceptors (Lipinski definition) is 5. The number of benzene rings is 1. The van der Waals surface area contributed by atoms with Gasteiger partial charge in [0.2, 0.25) is 0 Å². The normalized spacial score (nSPS) is 12.3. The van der Waals surface area contributed by atoms with Crippen LogP contribution >= 0.6 is 23.1 Å². The Bertz CT molecular complexity index is 788. The van der Waals surface area contributed by atoms with Gasteiger partial charge in [-0.05, 0) is 61.2 Å². The molecule has 0 spiro atoms. The molecule has 1 N–H and O–H groups in total. The third-order valence-corrected chi connectivity index (χ3v) is 4.99. The minimum atomic E-state index is -2.50. The van der Waals surface area contributed by atoms with Crippen molar-refractivity contribution in [2.45, 2.75) is 30.6 Å². The van der Waals surface area contributed by atoms with Gasteiger partial charge < -0.3 is 10.1 Å². The lowest BCUT2D eigenvalue weighted by molar-refractivity contribution is -0.148. The van der Waals surface area contributed by atoms with Crippen LogP contribution in [-0.2, 0) is 14.3 Å². The quantitative estimate of drug-likeness (QED) is 0.408. The zero-order valence-corrected chi connectivity index (χ0v) is 15.7. The zero-order valence-electron chi connectivity index (χ0n) is 14.1. The largest absolute Gasteiger partial charge is 0.449 e. The minimum absolute atomic E-state index is 0.395. The number of anilines is 1. The predicted octanol–water partition coefficient (Wildman–Crippen LogP) is 4.95. The highest BCUT2D eigenvalue weighted by Crippen LogP contribution is 2.26. The summed E-state index contributed by atoms with van der Waals surface area (Å²) in [6.45, 7) is 3.39. The molecule has 0 saturated carbocycles. The van der Waals surface area contributed by atoms with Crippen LogP contribution in [0.1, 0.15) is 17.4 Å². The lowest BCUT2D eigenvalue weighted by atomic mass is 10.3. The van der Waals surface area contributed by atoms with Gasteiger partial charge in [-0.2, -0.15) is 8.78 Å². The summed E-state index contributed by atoms with van der Waals surface area (Å²) in [7, 11) is 0. The van der Waals surface area contributed by atoms with Crippen molar-refractivity contribution in [3.63, 3.8) is 0 Å². The molecule has 1 amide bonds. The molecule has 0 aliphatic heterocycles. The molecule has 2 aromatic rings. The number of carbonyl (C=O) groups excluding carboxylic acids is 2. The monoisotopic (exact) mass is 397 g/mol. The summed E-state index contributed by atoms with van der Waals surface area (Å²) in [4.78, 5) is 25.2. The van der Waals surface area contributed by atoms with Gasteiger partial charge in [0.25, 0.3) is 11.7 Å². The first-order valence-electron chi connectivity index (χ1n) is 7.63. The van der Waals surface area contributed by atoms with E-state index in [1.54, 1.807) is 6.08 Å². The maximum Gasteiger partial charge on any atom is 0.331 e. The van der Waals surface area contributed by atoms with E-state index >= 15 is 0 Å². The third-order valence-electron chi connectivity index (χ3n) is 3.28. The van der Waals surface area contributed by atoms with E-state index in [0.717, 1.165) is 10.4 Å². The van der Waals surface area contributed by atoms with Gasteiger partial charge in [-0.25, -0.2) is 4.79 Å². The summed E-state index contributed by atoms with van der Waals surface area (Å²) in [6, 6.07) is 7.93. The zero-order chi connectivity index (χ0) is 19.1. The second-order valence-electron chi connectivity index (χ2n) is 5.27. The molecule has 0 saturated heterocycles. The van der Waals surface area contributed by atoms with Crippen LogP contribution in [0.3, 0.4) is 0 Å². The molecule has 0 aliphatic carbocycles. The molecule has 0 bridgehead atoms. The van der Waals surface area contributed by atoms with Crippen LogP contribution in [0, 0.1) is 6.92 Å². The highest BCUT2D eigenvalue weighted by Gasteiger charge is 2.17. The van der Waals surface area contributed by atoms with Crippen LogP contribution in [0.25, 0.3) is 6.08 Å². The van der Waals surface area contributed by atoms with Gasteiger partial charge in [0.15, 0.2) is 6.10 Å². The van der Waals surface area contributed by atoms with Crippen LogP contribution in [-0.4, -0.2) is 23.7 Å². The third kappa shape index (κ3) is 6.27. The van der Waals surface area contributed by atoms with Crippen LogP contribution < -0.4 is 5.32 Å². The Morgan fingerprint density at radius 2 is 1.92 bits per heavy atom. The molecule has 0 aliphatic rings. The average Bonchev–Trinajstić information content (AvgIpc) is 2.99. The summed E-state index contributed by atoms with van der Waals surface area (Å²) in [5, 5.41) is 4.49. The molecular weight excluding hydrogens is 380 g/mol. The van der Waals surface area contributed by atoms with Crippen molar-refractivity contribution < 1.29 is 23.1 Å². The highest BCUT2D eigenvalue weighted by molar-refractivity contribution is 7.99. The number of alkyl halides is 2. The summed E-state index contributed by atoms with van der Waals surface area (Å²) in [5.74, 6) is -3.63. The van der Waals surface area contributed by atoms with E-state index in [2.05, 4.69) is 5.32 Å². The van der Waals surface area contributed by atoms with E-state index in [9.17, 15) is 18.4 Å². The molecule has 0 radical (unpaired) electrons. The average molecular weight is 397 g/mol. The van der Waals surface area contributed by atoms with E-state index in [0.29, 0.717) is 22.3 Å². The smallest absolute Gasteiger partial charge is 0.331 e. The fourth-order valence-electron chi connectivity index (χ4n) is 1.93. The number of thiophene rings is 1. The maximum absolute atomic E-state index is 12.3. The molecule has 138 valence electrons. The van der Waals surface area contributed by atoms with E-state index in [4.69, 9.17) is 4.74 Å². The summed E-state index contributed by atoms with van der Waals surface area (Å²) in [5.41, 5.74) is 1.49. The maximum atomic E-state index is 12.3. The molecule has 2 rings (SSSR count). The van der Waals surface area contributed by atoms with Crippen molar-refractivity contribution in [2.75, 3.05) is 5.32 Å². The van der Waals surface area contributed by atoms with E-state index in [1.807, 2.05) is 18.4 Å². The van der Waals surface area contributed by atoms with Crippen molar-refractivity contribution in [1.82, 2.24) is 0 Å². The second kappa shape index (κ2) is 9.49. The fourth-order valence-corrected chi connectivity index (χ4v) is 3.25. The Morgan fingerprint density at radius 3 is 2.50 bits per heavy atom. The van der Waals surface area contributed by atoms with Gasteiger partial charge in [-0.3, -0.25) is 4.79 Å². The molecule has 1 heterocycles. The first kappa shape index (κ1) is 20.1. The van der Waals surface area contributed by atoms with Gasteiger partial charge in [0.1, 0.15) is 0 Å². The molecule has 1 aromatic carbocycles. The van der Waals surface area contributed by atoms with Gasteiger partial charge in [-0.15, -0.1) is 11.3 Å². The number of carbonyl (C=O) groups is 2. The molecule has 1 aromatic heterocycles. The lowest BCUT2D eigenvalue weighted by Crippen LogP contribution is -2.29. The molecule has 8 heteroatoms. The van der Waals surface area contributed by atoms with Gasteiger partial charge in [0.05, 0.1) is 0 Å². The first-order valence-corrected chi connectivity index (χ1v) is 9.39. The van der Waals surface area contributed by atoms with Crippen LogP contribution in [0.15, 0.2) is 46.7 Å².